The number of rotatable bonds is 7. The third-order valence-corrected chi connectivity index (χ3v) is 5.60. The van der Waals surface area contributed by atoms with E-state index in [1.54, 1.807) is 4.57 Å². The molecule has 7 nitrogen and oxygen atoms in total. The fraction of sp³-hybridized carbons (Fsp3) is 0.348. The van der Waals surface area contributed by atoms with E-state index in [0.717, 1.165) is 43.0 Å². The number of hydrogen-bond acceptors (Lipinski definition) is 5. The number of aromatic nitrogens is 2. The third kappa shape index (κ3) is 4.58. The number of carbonyl (C=O) groups is 1. The molecular weight excluding hydrogens is 378 g/mol. The van der Waals surface area contributed by atoms with Gasteiger partial charge in [-0.15, -0.1) is 0 Å². The van der Waals surface area contributed by atoms with Crippen LogP contribution in [0.25, 0.3) is 10.9 Å². The molecule has 1 unspecified atom stereocenters. The molecule has 1 saturated heterocycles. The van der Waals surface area contributed by atoms with E-state index in [4.69, 9.17) is 10.7 Å². The zero-order valence-electron chi connectivity index (χ0n) is 17.0. The Bertz CT molecular complexity index is 1080. The summed E-state index contributed by atoms with van der Waals surface area (Å²) in [5.41, 5.74) is 7.24. The van der Waals surface area contributed by atoms with Crippen LogP contribution in [0.2, 0.25) is 0 Å². The SMILES string of the molecule is NC(=O)C1CN(CCCc2nc3ccccc3c(=O)n2Cc2ccccc2)CCN1. The number of primary amides is 1. The molecule has 3 N–H and O–H groups in total. The second kappa shape index (κ2) is 9.19. The minimum Gasteiger partial charge on any atom is -0.368 e. The van der Waals surface area contributed by atoms with E-state index in [9.17, 15) is 9.59 Å². The monoisotopic (exact) mass is 405 g/mol. The number of aryl methyl sites for hydroxylation is 1. The molecule has 2 heterocycles. The maximum absolute atomic E-state index is 13.2. The van der Waals surface area contributed by atoms with Crippen LogP contribution in [0.15, 0.2) is 59.4 Å². The summed E-state index contributed by atoms with van der Waals surface area (Å²) in [6.45, 7) is 3.59. The Balaban J connectivity index is 1.54. The first-order valence-electron chi connectivity index (χ1n) is 10.4. The van der Waals surface area contributed by atoms with Crippen molar-refractivity contribution in [3.63, 3.8) is 0 Å². The highest BCUT2D eigenvalue weighted by Crippen LogP contribution is 2.12. The molecule has 1 aliphatic heterocycles. The van der Waals surface area contributed by atoms with Crippen molar-refractivity contribution < 1.29 is 4.79 Å². The Morgan fingerprint density at radius 1 is 1.13 bits per heavy atom. The lowest BCUT2D eigenvalue weighted by Crippen LogP contribution is -2.56. The molecule has 0 aliphatic carbocycles. The molecule has 1 fully saturated rings. The number of fused-ring (bicyclic) bond motifs is 1. The van der Waals surface area contributed by atoms with E-state index < -0.39 is 0 Å². The van der Waals surface area contributed by atoms with Crippen molar-refractivity contribution in [2.75, 3.05) is 26.2 Å². The minimum atomic E-state index is -0.312. The first kappa shape index (κ1) is 20.3. The van der Waals surface area contributed by atoms with Gasteiger partial charge in [0.25, 0.3) is 5.56 Å². The van der Waals surface area contributed by atoms with E-state index in [1.165, 1.54) is 0 Å². The normalized spacial score (nSPS) is 17.3. The lowest BCUT2D eigenvalue weighted by Gasteiger charge is -2.32. The molecule has 0 spiro atoms. The van der Waals surface area contributed by atoms with Gasteiger partial charge in [0.1, 0.15) is 5.82 Å². The molecule has 0 radical (unpaired) electrons. The summed E-state index contributed by atoms with van der Waals surface area (Å²) in [5.74, 6) is 0.483. The highest BCUT2D eigenvalue weighted by Gasteiger charge is 2.23. The van der Waals surface area contributed by atoms with Crippen LogP contribution < -0.4 is 16.6 Å². The van der Waals surface area contributed by atoms with E-state index in [2.05, 4.69) is 10.2 Å². The van der Waals surface area contributed by atoms with Gasteiger partial charge in [-0.25, -0.2) is 4.98 Å². The van der Waals surface area contributed by atoms with Crippen molar-refractivity contribution in [3.05, 3.63) is 76.3 Å². The zero-order valence-corrected chi connectivity index (χ0v) is 17.0. The van der Waals surface area contributed by atoms with Crippen LogP contribution in [0.5, 0.6) is 0 Å². The summed E-state index contributed by atoms with van der Waals surface area (Å²) in [5, 5.41) is 3.79. The van der Waals surface area contributed by atoms with Gasteiger partial charge in [-0.3, -0.25) is 19.1 Å². The van der Waals surface area contributed by atoms with E-state index >= 15 is 0 Å². The number of carbonyl (C=O) groups excluding carboxylic acids is 1. The molecule has 3 aromatic rings. The van der Waals surface area contributed by atoms with Crippen LogP contribution in [-0.2, 0) is 17.8 Å². The Labute approximate surface area is 175 Å². The van der Waals surface area contributed by atoms with Crippen molar-refractivity contribution >= 4 is 16.8 Å². The van der Waals surface area contributed by atoms with Crippen LogP contribution in [0.1, 0.15) is 17.8 Å². The second-order valence-electron chi connectivity index (χ2n) is 7.74. The summed E-state index contributed by atoms with van der Waals surface area (Å²) >= 11 is 0. The van der Waals surface area contributed by atoms with Crippen LogP contribution in [-0.4, -0.2) is 52.6 Å². The summed E-state index contributed by atoms with van der Waals surface area (Å²) in [6, 6.07) is 17.2. The van der Waals surface area contributed by atoms with Crippen molar-refractivity contribution in [3.8, 4) is 0 Å². The molecule has 2 aromatic carbocycles. The summed E-state index contributed by atoms with van der Waals surface area (Å²) in [6.07, 6.45) is 1.54. The molecule has 30 heavy (non-hydrogen) atoms. The fourth-order valence-corrected chi connectivity index (χ4v) is 4.00. The number of para-hydroxylation sites is 1. The number of benzene rings is 2. The quantitative estimate of drug-likeness (QED) is 0.615. The molecule has 1 aromatic heterocycles. The maximum atomic E-state index is 13.2. The number of nitrogens with zero attached hydrogens (tertiary/aromatic N) is 3. The second-order valence-corrected chi connectivity index (χ2v) is 7.74. The van der Waals surface area contributed by atoms with Gasteiger partial charge in [0.2, 0.25) is 5.91 Å². The number of piperazine rings is 1. The predicted octanol–water partition coefficient (Wildman–Crippen LogP) is 1.14. The number of hydrogen-bond donors (Lipinski definition) is 2. The van der Waals surface area contributed by atoms with Gasteiger partial charge >= 0.3 is 0 Å². The third-order valence-electron chi connectivity index (χ3n) is 5.60. The van der Waals surface area contributed by atoms with Gasteiger partial charge in [-0.1, -0.05) is 42.5 Å². The van der Waals surface area contributed by atoms with Gasteiger partial charge in [-0.2, -0.15) is 0 Å². The van der Waals surface area contributed by atoms with Crippen LogP contribution >= 0.6 is 0 Å². The maximum Gasteiger partial charge on any atom is 0.261 e. The number of nitrogens with two attached hydrogens (primary N) is 1. The summed E-state index contributed by atoms with van der Waals surface area (Å²) < 4.78 is 1.79. The lowest BCUT2D eigenvalue weighted by atomic mass is 10.1. The first-order chi connectivity index (χ1) is 14.6. The van der Waals surface area contributed by atoms with E-state index in [0.29, 0.717) is 24.9 Å². The van der Waals surface area contributed by atoms with Crippen LogP contribution in [0.3, 0.4) is 0 Å². The Kier molecular flexibility index (Phi) is 6.21. The average molecular weight is 406 g/mol. The zero-order chi connectivity index (χ0) is 20.9. The lowest BCUT2D eigenvalue weighted by molar-refractivity contribution is -0.121. The number of amides is 1. The van der Waals surface area contributed by atoms with Crippen molar-refractivity contribution in [2.24, 2.45) is 5.73 Å². The fourth-order valence-electron chi connectivity index (χ4n) is 4.00. The van der Waals surface area contributed by atoms with E-state index in [1.807, 2.05) is 54.6 Å². The van der Waals surface area contributed by atoms with Crippen LogP contribution in [0.4, 0.5) is 0 Å². The molecule has 7 heteroatoms. The molecular formula is C23H27N5O2. The molecule has 0 bridgehead atoms. The molecule has 1 amide bonds. The molecule has 1 aliphatic rings. The highest BCUT2D eigenvalue weighted by molar-refractivity contribution is 5.80. The highest BCUT2D eigenvalue weighted by atomic mass is 16.1. The average Bonchev–Trinajstić information content (AvgIpc) is 2.77. The van der Waals surface area contributed by atoms with Gasteiger partial charge in [0.05, 0.1) is 23.5 Å². The Morgan fingerprint density at radius 3 is 2.70 bits per heavy atom. The van der Waals surface area contributed by atoms with Gasteiger partial charge in [0.15, 0.2) is 0 Å². The van der Waals surface area contributed by atoms with Crippen molar-refractivity contribution in [1.29, 1.82) is 0 Å². The summed E-state index contributed by atoms with van der Waals surface area (Å²) in [4.78, 5) is 31.7. The minimum absolute atomic E-state index is 0.00424. The van der Waals surface area contributed by atoms with Crippen molar-refractivity contribution in [1.82, 2.24) is 19.8 Å². The first-order valence-corrected chi connectivity index (χ1v) is 10.4. The molecule has 156 valence electrons. The van der Waals surface area contributed by atoms with E-state index in [-0.39, 0.29) is 17.5 Å². The number of nitrogens with one attached hydrogen (secondary N) is 1. The standard InChI is InChI=1S/C23H27N5O2/c24-22(29)20-16-27(14-12-25-20)13-6-11-21-26-19-10-5-4-9-18(19)23(30)28(21)15-17-7-2-1-3-8-17/h1-5,7-10,20,25H,6,11-16H2,(H2,24,29). The van der Waals surface area contributed by atoms with Crippen LogP contribution in [0, 0.1) is 0 Å². The predicted molar refractivity (Wildman–Crippen MR) is 117 cm³/mol. The molecule has 4 rings (SSSR count). The largest absolute Gasteiger partial charge is 0.368 e. The molecule has 0 saturated carbocycles. The Hall–Kier alpha value is -3.03. The summed E-state index contributed by atoms with van der Waals surface area (Å²) in [7, 11) is 0. The van der Waals surface area contributed by atoms with Crippen molar-refractivity contribution in [2.45, 2.75) is 25.4 Å². The van der Waals surface area contributed by atoms with Gasteiger partial charge in [-0.05, 0) is 30.7 Å². The van der Waals surface area contributed by atoms with Gasteiger partial charge < -0.3 is 11.1 Å². The molecule has 1 atom stereocenters. The van der Waals surface area contributed by atoms with Gasteiger partial charge in [0, 0.05) is 26.1 Å². The Morgan fingerprint density at radius 2 is 1.90 bits per heavy atom. The smallest absolute Gasteiger partial charge is 0.261 e. The topological polar surface area (TPSA) is 93.2 Å².